The molecule has 7 nitrogen and oxygen atoms in total. The number of benzene rings is 2. The number of hydrogen-bond donors (Lipinski definition) is 2. The van der Waals surface area contributed by atoms with E-state index in [-0.39, 0.29) is 41.1 Å². The second-order valence-electron chi connectivity index (χ2n) is 17.4. The molecule has 3 aromatic rings. The molecule has 2 spiro atoms. The summed E-state index contributed by atoms with van der Waals surface area (Å²) in [5, 5.41) is 26.2. The van der Waals surface area contributed by atoms with E-state index in [0.717, 1.165) is 71.0 Å². The second kappa shape index (κ2) is 12.1. The number of allylic oxidation sites excluding steroid dienone is 4. The fraction of sp³-hybridized carbons (Fsp3) is 0.545. The Morgan fingerprint density at radius 2 is 1.71 bits per heavy atom. The summed E-state index contributed by atoms with van der Waals surface area (Å²) in [5.41, 5.74) is -1.93. The molecule has 10 rings (SSSR count). The molecule has 2 heterocycles. The molecule has 2 aromatic carbocycles. The van der Waals surface area contributed by atoms with E-state index in [0.29, 0.717) is 31.7 Å². The van der Waals surface area contributed by atoms with Crippen molar-refractivity contribution in [3.8, 4) is 5.75 Å². The van der Waals surface area contributed by atoms with Crippen LogP contribution in [0.25, 0.3) is 10.8 Å². The van der Waals surface area contributed by atoms with Gasteiger partial charge in [0.05, 0.1) is 35.8 Å². The van der Waals surface area contributed by atoms with Crippen LogP contribution in [-0.4, -0.2) is 64.5 Å². The Bertz CT molecular complexity index is 2000. The Balaban J connectivity index is 1.08. The largest absolute Gasteiger partial charge is 0.415 e. The lowest BCUT2D eigenvalue weighted by Crippen LogP contribution is -2.67. The Kier molecular flexibility index (Phi) is 8.02. The molecule has 0 radical (unpaired) electrons. The fourth-order valence-corrected chi connectivity index (χ4v) is 13.1. The molecule has 52 heavy (non-hydrogen) atoms. The van der Waals surface area contributed by atoms with Crippen molar-refractivity contribution in [1.29, 1.82) is 0 Å². The third-order valence-electron chi connectivity index (χ3n) is 15.0. The minimum atomic E-state index is -1.20. The molecule has 9 atom stereocenters. The molecule has 3 saturated carbocycles. The first-order valence-corrected chi connectivity index (χ1v) is 20.2. The van der Waals surface area contributed by atoms with Crippen molar-refractivity contribution in [1.82, 2.24) is 4.90 Å². The highest BCUT2D eigenvalue weighted by Crippen LogP contribution is 2.78. The minimum absolute atomic E-state index is 0.000627. The minimum Gasteiger partial charge on any atom is -0.410 e. The highest BCUT2D eigenvalue weighted by Gasteiger charge is 2.74. The number of fused-ring (bicyclic) bond motifs is 2. The number of aryl methyl sites for hydroxylation is 1. The maximum atomic E-state index is 14.8. The standard InChI is InChI=1S/C44H51NO6S/c1-28-10-13-35(52-28)38(47)34-25-42-20-21-44(34)36(40(42,2)17-14-31(46)24-42)15-18-41(3)37(44)16-19-43(41,49)27-45(26-33-9-6-22-50-33)39(48)51-32-12-11-29-7-4-5-8-30(29)23-32/h4-5,7-8,10-13,20-21,23,25,31,33,36-37,46,49H,6,9,14-19,22,24,26-27H2,1-3H3/t31?,33-,36-,37-,40-,41+,42+,43-,44-/m1/s1. The summed E-state index contributed by atoms with van der Waals surface area (Å²) in [7, 11) is 0. The van der Waals surface area contributed by atoms with Gasteiger partial charge in [0, 0.05) is 33.3 Å². The molecule has 7 aliphatic rings. The summed E-state index contributed by atoms with van der Waals surface area (Å²) in [5.74, 6) is 0.777. The Labute approximate surface area is 310 Å². The summed E-state index contributed by atoms with van der Waals surface area (Å²) in [6, 6.07) is 17.7. The normalized spacial score (nSPS) is 38.8. The van der Waals surface area contributed by atoms with Crippen LogP contribution >= 0.6 is 11.3 Å². The molecular weight excluding hydrogens is 671 g/mol. The summed E-state index contributed by atoms with van der Waals surface area (Å²) >= 11 is 1.55. The lowest BCUT2D eigenvalue weighted by atomic mass is 9.32. The number of ether oxygens (including phenoxy) is 2. The van der Waals surface area contributed by atoms with Crippen LogP contribution in [0.2, 0.25) is 0 Å². The zero-order valence-corrected chi connectivity index (χ0v) is 31.4. The highest BCUT2D eigenvalue weighted by molar-refractivity contribution is 7.14. The van der Waals surface area contributed by atoms with E-state index in [2.05, 4.69) is 32.1 Å². The van der Waals surface area contributed by atoms with E-state index >= 15 is 0 Å². The third kappa shape index (κ3) is 4.93. The first-order valence-electron chi connectivity index (χ1n) is 19.4. The number of rotatable bonds is 7. The lowest BCUT2D eigenvalue weighted by molar-refractivity contribution is -0.175. The van der Waals surface area contributed by atoms with Gasteiger partial charge in [-0.1, -0.05) is 62.4 Å². The van der Waals surface area contributed by atoms with E-state index in [4.69, 9.17) is 9.47 Å². The molecule has 4 fully saturated rings. The first-order chi connectivity index (χ1) is 24.9. The Morgan fingerprint density at radius 3 is 2.48 bits per heavy atom. The van der Waals surface area contributed by atoms with Gasteiger partial charge in [-0.3, -0.25) is 4.79 Å². The molecule has 1 amide bonds. The number of aliphatic hydroxyl groups is 2. The molecule has 8 heteroatoms. The number of carbonyl (C=O) groups is 2. The van der Waals surface area contributed by atoms with Gasteiger partial charge in [-0.25, -0.2) is 4.79 Å². The highest BCUT2D eigenvalue weighted by atomic mass is 32.1. The van der Waals surface area contributed by atoms with Crippen molar-refractivity contribution in [2.75, 3.05) is 19.7 Å². The molecule has 6 aliphatic carbocycles. The average Bonchev–Trinajstić information content (AvgIpc) is 3.87. The SMILES string of the molecule is Cc1ccc(C(=O)C2=C[C@@]34C=C[C@@]25[C@@H]2CC[C@@](O)(CN(C[C@H]6CCCO6)C(=O)Oc6ccc7ccccc7c6)[C@@]2(C)CC[C@@H]5[C@@]3(C)CCC(O)C4)s1. The predicted molar refractivity (Wildman–Crippen MR) is 202 cm³/mol. The van der Waals surface area contributed by atoms with Crippen LogP contribution < -0.4 is 4.74 Å². The van der Waals surface area contributed by atoms with Gasteiger partial charge in [0.25, 0.3) is 0 Å². The van der Waals surface area contributed by atoms with Crippen LogP contribution in [0.1, 0.15) is 86.2 Å². The average molecular weight is 722 g/mol. The number of thiophene rings is 1. The van der Waals surface area contributed by atoms with Crippen LogP contribution in [0.4, 0.5) is 4.79 Å². The molecule has 1 aliphatic heterocycles. The second-order valence-corrected chi connectivity index (χ2v) is 18.7. The number of ketones is 1. The number of aliphatic hydroxyl groups excluding tert-OH is 1. The maximum Gasteiger partial charge on any atom is 0.415 e. The smallest absolute Gasteiger partial charge is 0.410 e. The number of Topliss-reactive ketones (excluding diaryl/α,β-unsaturated/α-hetero) is 1. The zero-order valence-electron chi connectivity index (χ0n) is 30.6. The summed E-state index contributed by atoms with van der Waals surface area (Å²) in [6.07, 6.45) is 13.1. The van der Waals surface area contributed by atoms with Crippen LogP contribution in [0.3, 0.4) is 0 Å². The van der Waals surface area contributed by atoms with Crippen LogP contribution in [0, 0.1) is 40.4 Å². The van der Waals surface area contributed by atoms with Crippen LogP contribution in [0.5, 0.6) is 5.75 Å². The molecule has 1 saturated heterocycles. The molecular formula is C44H51NO6S. The van der Waals surface area contributed by atoms with Gasteiger partial charge in [-0.05, 0) is 117 Å². The van der Waals surface area contributed by atoms with E-state index in [1.807, 2.05) is 61.5 Å². The number of amides is 1. The van der Waals surface area contributed by atoms with Crippen molar-refractivity contribution in [2.45, 2.75) is 96.4 Å². The quantitative estimate of drug-likeness (QED) is 0.187. The van der Waals surface area contributed by atoms with Gasteiger partial charge in [0.15, 0.2) is 5.78 Å². The van der Waals surface area contributed by atoms with Crippen molar-refractivity contribution in [3.05, 3.63) is 88.2 Å². The van der Waals surface area contributed by atoms with Crippen molar-refractivity contribution < 1.29 is 29.3 Å². The number of nitrogens with zero attached hydrogens (tertiary/aromatic N) is 1. The van der Waals surface area contributed by atoms with Crippen molar-refractivity contribution in [3.63, 3.8) is 0 Å². The first kappa shape index (κ1) is 34.5. The van der Waals surface area contributed by atoms with E-state index in [1.54, 1.807) is 16.2 Å². The van der Waals surface area contributed by atoms with Gasteiger partial charge in [0.1, 0.15) is 5.75 Å². The van der Waals surface area contributed by atoms with Crippen molar-refractivity contribution in [2.24, 2.45) is 33.5 Å². The van der Waals surface area contributed by atoms with Crippen molar-refractivity contribution >= 4 is 34.0 Å². The third-order valence-corrected chi connectivity index (χ3v) is 16.0. The van der Waals surface area contributed by atoms with Crippen LogP contribution in [-0.2, 0) is 4.74 Å². The summed E-state index contributed by atoms with van der Waals surface area (Å²) in [6.45, 7) is 7.84. The van der Waals surface area contributed by atoms with E-state index in [9.17, 15) is 19.8 Å². The van der Waals surface area contributed by atoms with Crippen LogP contribution in [0.15, 0.2) is 78.4 Å². The van der Waals surface area contributed by atoms with Gasteiger partial charge >= 0.3 is 6.09 Å². The van der Waals surface area contributed by atoms with Gasteiger partial charge in [0.2, 0.25) is 0 Å². The molecule has 1 unspecified atom stereocenters. The fourth-order valence-electron chi connectivity index (χ4n) is 12.2. The molecule has 2 N–H and O–H groups in total. The summed E-state index contributed by atoms with van der Waals surface area (Å²) in [4.78, 5) is 32.5. The van der Waals surface area contributed by atoms with Gasteiger partial charge in [-0.2, -0.15) is 0 Å². The predicted octanol–water partition coefficient (Wildman–Crippen LogP) is 8.66. The maximum absolute atomic E-state index is 14.8. The number of hydrogen-bond acceptors (Lipinski definition) is 7. The van der Waals surface area contributed by atoms with E-state index in [1.165, 1.54) is 0 Å². The molecule has 1 aromatic heterocycles. The van der Waals surface area contributed by atoms with Gasteiger partial charge < -0.3 is 24.6 Å². The monoisotopic (exact) mass is 721 g/mol. The number of carbonyl (C=O) groups excluding carboxylic acids is 2. The topological polar surface area (TPSA) is 96.3 Å². The Hall–Kier alpha value is -3.30. The zero-order chi connectivity index (χ0) is 36.1. The summed E-state index contributed by atoms with van der Waals surface area (Å²) < 4.78 is 12.1. The lowest BCUT2D eigenvalue weighted by Gasteiger charge is -2.71. The van der Waals surface area contributed by atoms with Gasteiger partial charge in [-0.15, -0.1) is 11.3 Å². The molecule has 274 valence electrons. The van der Waals surface area contributed by atoms with E-state index < -0.39 is 28.6 Å². The Morgan fingerprint density at radius 1 is 0.942 bits per heavy atom. The molecule has 2 bridgehead atoms.